The molecular weight excluding hydrogens is 304 g/mol. The Labute approximate surface area is 138 Å². The number of ether oxygens (including phenoxy) is 1. The molecule has 0 bridgehead atoms. The minimum atomic E-state index is 0.0560. The summed E-state index contributed by atoms with van der Waals surface area (Å²) in [6.07, 6.45) is 4.18. The fraction of sp³-hybridized carbons (Fsp3) is 0.222. The molecule has 0 radical (unpaired) electrons. The van der Waals surface area contributed by atoms with Gasteiger partial charge in [0.25, 0.3) is 0 Å². The highest BCUT2D eigenvalue weighted by Crippen LogP contribution is 2.33. The molecule has 6 heteroatoms. The van der Waals surface area contributed by atoms with Gasteiger partial charge >= 0.3 is 0 Å². The predicted molar refractivity (Wildman–Crippen MR) is 86.1 cm³/mol. The van der Waals surface area contributed by atoms with Crippen LogP contribution in [-0.4, -0.2) is 27.5 Å². The molecule has 6 nitrogen and oxygen atoms in total. The van der Waals surface area contributed by atoms with Crippen LogP contribution >= 0.6 is 0 Å². The number of aromatic nitrogens is 3. The van der Waals surface area contributed by atoms with Crippen molar-refractivity contribution in [2.45, 2.75) is 18.8 Å². The van der Waals surface area contributed by atoms with Crippen molar-refractivity contribution >= 4 is 11.4 Å². The SMILES string of the molecule is COc1ccc(C2CC(=O)c3cnc4c(C#N)cnn4c3C2)cc1. The normalized spacial score (nSPS) is 16.7. The number of carbonyl (C=O) groups is 1. The fourth-order valence-corrected chi connectivity index (χ4v) is 3.24. The van der Waals surface area contributed by atoms with Crippen LogP contribution in [0.2, 0.25) is 0 Å². The number of methoxy groups -OCH3 is 1. The standard InChI is InChI=1S/C18H14N4O2/c1-24-14-4-2-11(3-5-14)12-6-16-15(17(23)7-12)10-20-18-13(8-19)9-21-22(16)18/h2-5,9-10,12H,6-7H2,1H3. The van der Waals surface area contributed by atoms with Gasteiger partial charge in [-0.05, 0) is 30.0 Å². The van der Waals surface area contributed by atoms with E-state index in [-0.39, 0.29) is 11.7 Å². The molecule has 1 aliphatic rings. The Hall–Kier alpha value is -3.20. The molecule has 1 atom stereocenters. The van der Waals surface area contributed by atoms with Gasteiger partial charge in [-0.25, -0.2) is 9.50 Å². The molecule has 1 aromatic carbocycles. The van der Waals surface area contributed by atoms with E-state index in [1.54, 1.807) is 17.8 Å². The Kier molecular flexibility index (Phi) is 3.28. The van der Waals surface area contributed by atoms with Crippen molar-refractivity contribution in [1.82, 2.24) is 14.6 Å². The maximum absolute atomic E-state index is 12.5. The Morgan fingerprint density at radius 3 is 2.75 bits per heavy atom. The smallest absolute Gasteiger partial charge is 0.173 e. The van der Waals surface area contributed by atoms with Crippen LogP contribution in [-0.2, 0) is 6.42 Å². The van der Waals surface area contributed by atoms with Crippen LogP contribution in [0.1, 0.15) is 39.5 Å². The number of fused-ring (bicyclic) bond motifs is 3. The van der Waals surface area contributed by atoms with Crippen molar-refractivity contribution in [1.29, 1.82) is 5.26 Å². The van der Waals surface area contributed by atoms with Gasteiger partial charge in [0.1, 0.15) is 17.4 Å². The maximum atomic E-state index is 12.5. The average molecular weight is 318 g/mol. The molecule has 24 heavy (non-hydrogen) atoms. The van der Waals surface area contributed by atoms with Crippen LogP contribution in [0.5, 0.6) is 5.75 Å². The van der Waals surface area contributed by atoms with E-state index >= 15 is 0 Å². The van der Waals surface area contributed by atoms with E-state index in [2.05, 4.69) is 16.2 Å². The molecule has 0 N–H and O–H groups in total. The summed E-state index contributed by atoms with van der Waals surface area (Å²) in [7, 11) is 1.63. The Morgan fingerprint density at radius 1 is 1.25 bits per heavy atom. The molecule has 0 spiro atoms. The third-order valence-electron chi connectivity index (χ3n) is 4.51. The second-order valence-corrected chi connectivity index (χ2v) is 5.83. The molecule has 1 aliphatic carbocycles. The summed E-state index contributed by atoms with van der Waals surface area (Å²) in [5, 5.41) is 13.4. The van der Waals surface area contributed by atoms with Crippen molar-refractivity contribution in [3.63, 3.8) is 0 Å². The van der Waals surface area contributed by atoms with Crippen molar-refractivity contribution in [2.75, 3.05) is 7.11 Å². The molecule has 1 unspecified atom stereocenters. The van der Waals surface area contributed by atoms with Gasteiger partial charge in [0.15, 0.2) is 11.4 Å². The third kappa shape index (κ3) is 2.14. The number of carbonyl (C=O) groups excluding carboxylic acids is 1. The summed E-state index contributed by atoms with van der Waals surface area (Å²) >= 11 is 0. The lowest BCUT2D eigenvalue weighted by atomic mass is 9.82. The Morgan fingerprint density at radius 2 is 2.04 bits per heavy atom. The van der Waals surface area contributed by atoms with Gasteiger partial charge in [-0.2, -0.15) is 10.4 Å². The lowest BCUT2D eigenvalue weighted by Gasteiger charge is -2.24. The number of hydrogen-bond donors (Lipinski definition) is 0. The molecule has 4 rings (SSSR count). The number of nitrogens with zero attached hydrogens (tertiary/aromatic N) is 4. The molecule has 0 amide bonds. The van der Waals surface area contributed by atoms with E-state index in [0.717, 1.165) is 17.0 Å². The molecule has 2 heterocycles. The number of hydrogen-bond acceptors (Lipinski definition) is 5. The highest BCUT2D eigenvalue weighted by molar-refractivity contribution is 5.98. The van der Waals surface area contributed by atoms with Crippen molar-refractivity contribution in [2.24, 2.45) is 0 Å². The minimum Gasteiger partial charge on any atom is -0.497 e. The minimum absolute atomic E-state index is 0.0560. The molecule has 2 aromatic heterocycles. The lowest BCUT2D eigenvalue weighted by Crippen LogP contribution is -2.22. The molecular formula is C18H14N4O2. The van der Waals surface area contributed by atoms with Gasteiger partial charge < -0.3 is 4.74 Å². The molecule has 118 valence electrons. The van der Waals surface area contributed by atoms with Gasteiger partial charge in [0.05, 0.1) is 24.6 Å². The molecule has 0 fully saturated rings. The fourth-order valence-electron chi connectivity index (χ4n) is 3.24. The number of Topliss-reactive ketones (excluding diaryl/α,β-unsaturated/α-hetero) is 1. The Balaban J connectivity index is 1.79. The lowest BCUT2D eigenvalue weighted by molar-refractivity contribution is 0.0962. The molecule has 0 aliphatic heterocycles. The van der Waals surface area contributed by atoms with E-state index in [1.807, 2.05) is 24.3 Å². The maximum Gasteiger partial charge on any atom is 0.173 e. The van der Waals surface area contributed by atoms with Crippen LogP contribution in [0.3, 0.4) is 0 Å². The highest BCUT2D eigenvalue weighted by Gasteiger charge is 2.29. The summed E-state index contributed by atoms with van der Waals surface area (Å²) in [6.45, 7) is 0. The zero-order chi connectivity index (χ0) is 16.7. The number of rotatable bonds is 2. The number of nitriles is 1. The third-order valence-corrected chi connectivity index (χ3v) is 4.51. The Bertz CT molecular complexity index is 983. The molecule has 3 aromatic rings. The van der Waals surface area contributed by atoms with Gasteiger partial charge in [0, 0.05) is 12.6 Å². The number of ketones is 1. The summed E-state index contributed by atoms with van der Waals surface area (Å²) in [5.41, 5.74) is 3.42. The molecule has 0 saturated carbocycles. The summed E-state index contributed by atoms with van der Waals surface area (Å²) in [4.78, 5) is 16.8. The van der Waals surface area contributed by atoms with E-state index in [1.165, 1.54) is 6.20 Å². The van der Waals surface area contributed by atoms with Crippen molar-refractivity contribution in [3.8, 4) is 11.8 Å². The average Bonchev–Trinajstić information content (AvgIpc) is 3.05. The first-order chi connectivity index (χ1) is 11.7. The van der Waals surface area contributed by atoms with Crippen LogP contribution in [0.25, 0.3) is 5.65 Å². The van der Waals surface area contributed by atoms with Crippen LogP contribution in [0.4, 0.5) is 0 Å². The van der Waals surface area contributed by atoms with Gasteiger partial charge in [-0.1, -0.05) is 12.1 Å². The van der Waals surface area contributed by atoms with Gasteiger partial charge in [-0.3, -0.25) is 4.79 Å². The monoisotopic (exact) mass is 318 g/mol. The van der Waals surface area contributed by atoms with E-state index < -0.39 is 0 Å². The highest BCUT2D eigenvalue weighted by atomic mass is 16.5. The second kappa shape index (κ2) is 5.46. The number of benzene rings is 1. The quantitative estimate of drug-likeness (QED) is 0.725. The van der Waals surface area contributed by atoms with Gasteiger partial charge in [-0.15, -0.1) is 0 Å². The summed E-state index contributed by atoms with van der Waals surface area (Å²) in [6, 6.07) is 9.86. The van der Waals surface area contributed by atoms with Gasteiger partial charge in [0.2, 0.25) is 0 Å². The summed E-state index contributed by atoms with van der Waals surface area (Å²) in [5.74, 6) is 0.926. The van der Waals surface area contributed by atoms with E-state index in [4.69, 9.17) is 10.00 Å². The second-order valence-electron chi connectivity index (χ2n) is 5.83. The first-order valence-corrected chi connectivity index (χ1v) is 7.64. The van der Waals surface area contributed by atoms with Crippen molar-refractivity contribution < 1.29 is 9.53 Å². The molecule has 0 saturated heterocycles. The summed E-state index contributed by atoms with van der Waals surface area (Å²) < 4.78 is 6.81. The first-order valence-electron chi connectivity index (χ1n) is 7.64. The van der Waals surface area contributed by atoms with Crippen molar-refractivity contribution in [3.05, 3.63) is 59.0 Å². The first kappa shape index (κ1) is 14.4. The van der Waals surface area contributed by atoms with E-state index in [9.17, 15) is 4.79 Å². The van der Waals surface area contributed by atoms with Crippen LogP contribution in [0, 0.1) is 11.3 Å². The van der Waals surface area contributed by atoms with Crippen LogP contribution in [0.15, 0.2) is 36.7 Å². The topological polar surface area (TPSA) is 80.3 Å². The predicted octanol–water partition coefficient (Wildman–Crippen LogP) is 2.52. The van der Waals surface area contributed by atoms with E-state index in [0.29, 0.717) is 29.6 Å². The zero-order valence-electron chi connectivity index (χ0n) is 13.1. The zero-order valence-corrected chi connectivity index (χ0v) is 13.1. The van der Waals surface area contributed by atoms with Crippen LogP contribution < -0.4 is 4.74 Å². The largest absolute Gasteiger partial charge is 0.497 e.